The lowest BCUT2D eigenvalue weighted by Gasteiger charge is -2.12. The van der Waals surface area contributed by atoms with Crippen molar-refractivity contribution in [2.75, 3.05) is 14.2 Å². The Balaban J connectivity index is 2.00. The molecule has 0 unspecified atom stereocenters. The molecule has 3 rings (SSSR count). The van der Waals surface area contributed by atoms with Gasteiger partial charge in [-0.1, -0.05) is 0 Å². The second kappa shape index (κ2) is 7.46. The summed E-state index contributed by atoms with van der Waals surface area (Å²) in [5, 5.41) is 11.7. The highest BCUT2D eigenvalue weighted by molar-refractivity contribution is 7.90. The molecule has 2 aromatic heterocycles. The van der Waals surface area contributed by atoms with Crippen LogP contribution in [-0.2, 0) is 15.6 Å². The third kappa shape index (κ3) is 3.76. The van der Waals surface area contributed by atoms with Crippen LogP contribution in [0.15, 0.2) is 35.6 Å². The van der Waals surface area contributed by atoms with E-state index in [1.807, 2.05) is 0 Å². The van der Waals surface area contributed by atoms with Gasteiger partial charge in [0.2, 0.25) is 20.7 Å². The summed E-state index contributed by atoms with van der Waals surface area (Å²) in [4.78, 5) is 6.52. The summed E-state index contributed by atoms with van der Waals surface area (Å²) in [5.41, 5.74) is 0.223. The van der Waals surface area contributed by atoms with Gasteiger partial charge in [-0.3, -0.25) is 0 Å². The van der Waals surface area contributed by atoms with Gasteiger partial charge < -0.3 is 24.4 Å². The van der Waals surface area contributed by atoms with Gasteiger partial charge in [-0.2, -0.15) is 13.5 Å². The fraction of sp³-hybridized carbons (Fsp3) is 0.250. The highest BCUT2D eigenvalue weighted by Gasteiger charge is 2.29. The van der Waals surface area contributed by atoms with Crippen molar-refractivity contribution in [1.82, 2.24) is 9.97 Å². The molecule has 9 nitrogen and oxygen atoms in total. The number of sulfone groups is 1. The van der Waals surface area contributed by atoms with Crippen LogP contribution in [0.4, 0.5) is 8.78 Å². The average Bonchev–Trinajstić information content (AvgIpc) is 3.07. The molecular weight excluding hydrogens is 400 g/mol. The Bertz CT molecular complexity index is 1120. The number of imidazole rings is 1. The van der Waals surface area contributed by atoms with Gasteiger partial charge in [-0.15, -0.1) is 0 Å². The lowest BCUT2D eigenvalue weighted by molar-refractivity contribution is -0.613. The van der Waals surface area contributed by atoms with E-state index in [1.165, 1.54) is 38.5 Å². The molecule has 0 aliphatic carbocycles. The van der Waals surface area contributed by atoms with Crippen LogP contribution in [0.1, 0.15) is 5.69 Å². The maximum Gasteiger partial charge on any atom is 0.387 e. The number of methoxy groups -OCH3 is 2. The number of H-pyrrole nitrogens is 1. The first kappa shape index (κ1) is 19.6. The van der Waals surface area contributed by atoms with Gasteiger partial charge in [0.15, 0.2) is 11.9 Å². The molecule has 150 valence electrons. The summed E-state index contributed by atoms with van der Waals surface area (Å²) in [6.45, 7) is -3.02. The highest BCUT2D eigenvalue weighted by atomic mass is 32.2. The van der Waals surface area contributed by atoms with Crippen LogP contribution in [0.2, 0.25) is 0 Å². The normalized spacial score (nSPS) is 11.8. The smallest absolute Gasteiger partial charge is 0.387 e. The molecule has 0 spiro atoms. The van der Waals surface area contributed by atoms with Crippen molar-refractivity contribution in [3.8, 4) is 17.2 Å². The number of aromatic nitrogens is 3. The van der Waals surface area contributed by atoms with Crippen LogP contribution in [-0.4, -0.2) is 39.2 Å². The third-order valence-corrected chi connectivity index (χ3v) is 5.25. The zero-order chi connectivity index (χ0) is 20.5. The van der Waals surface area contributed by atoms with Gasteiger partial charge in [0.25, 0.3) is 5.69 Å². The van der Waals surface area contributed by atoms with Crippen LogP contribution in [0.25, 0.3) is 11.0 Å². The van der Waals surface area contributed by atoms with E-state index in [4.69, 9.17) is 9.47 Å². The molecule has 0 radical (unpaired) electrons. The molecule has 0 fully saturated rings. The monoisotopic (exact) mass is 415 g/mol. The van der Waals surface area contributed by atoms with E-state index < -0.39 is 27.4 Å². The second-order valence-electron chi connectivity index (χ2n) is 5.55. The van der Waals surface area contributed by atoms with Crippen LogP contribution in [0.5, 0.6) is 17.2 Å². The maximum atomic E-state index is 12.8. The molecule has 1 aromatic carbocycles. The molecule has 28 heavy (non-hydrogen) atoms. The lowest BCUT2D eigenvalue weighted by atomic mass is 10.3. The Hall–Kier alpha value is -3.15. The van der Waals surface area contributed by atoms with Crippen molar-refractivity contribution >= 4 is 20.9 Å². The Kier molecular flexibility index (Phi) is 5.23. The van der Waals surface area contributed by atoms with Crippen molar-refractivity contribution < 1.29 is 36.1 Å². The molecule has 3 aromatic rings. The number of benzene rings is 1. The molecule has 0 saturated carbocycles. The van der Waals surface area contributed by atoms with Gasteiger partial charge in [-0.05, 0) is 12.1 Å². The van der Waals surface area contributed by atoms with Gasteiger partial charge in [0, 0.05) is 12.1 Å². The topological polar surface area (TPSA) is 117 Å². The van der Waals surface area contributed by atoms with E-state index in [1.54, 1.807) is 0 Å². The summed E-state index contributed by atoms with van der Waals surface area (Å²) in [6.07, 6.45) is 1.10. The molecule has 0 amide bonds. The van der Waals surface area contributed by atoms with Crippen LogP contribution in [0.3, 0.4) is 0 Å². The van der Waals surface area contributed by atoms with E-state index in [0.717, 1.165) is 6.20 Å². The van der Waals surface area contributed by atoms with Crippen molar-refractivity contribution in [2.24, 2.45) is 0 Å². The van der Waals surface area contributed by atoms with E-state index in [9.17, 15) is 22.4 Å². The fourth-order valence-electron chi connectivity index (χ4n) is 2.59. The van der Waals surface area contributed by atoms with E-state index in [2.05, 4.69) is 14.7 Å². The van der Waals surface area contributed by atoms with Crippen molar-refractivity contribution in [3.63, 3.8) is 0 Å². The van der Waals surface area contributed by atoms with Gasteiger partial charge >= 0.3 is 6.61 Å². The minimum Gasteiger partial charge on any atom is -0.618 e. The largest absolute Gasteiger partial charge is 0.618 e. The first-order valence-corrected chi connectivity index (χ1v) is 9.40. The number of aromatic amines is 1. The summed E-state index contributed by atoms with van der Waals surface area (Å²) in [5.74, 6) is -0.716. The number of pyridine rings is 1. The van der Waals surface area contributed by atoms with Crippen LogP contribution < -0.4 is 18.9 Å². The number of rotatable bonds is 7. The highest BCUT2D eigenvalue weighted by Crippen LogP contribution is 2.30. The van der Waals surface area contributed by atoms with Gasteiger partial charge in [-0.25, -0.2) is 13.4 Å². The van der Waals surface area contributed by atoms with E-state index in [-0.39, 0.29) is 28.5 Å². The maximum absolute atomic E-state index is 12.8. The fourth-order valence-corrected chi connectivity index (χ4v) is 3.84. The minimum atomic E-state index is -4.10. The molecule has 2 heterocycles. The zero-order valence-corrected chi connectivity index (χ0v) is 15.5. The summed E-state index contributed by atoms with van der Waals surface area (Å²) in [7, 11) is -1.47. The third-order valence-electron chi connectivity index (χ3n) is 3.82. The quantitative estimate of drug-likeness (QED) is 0.462. The number of nitrogens with zero attached hydrogens (tertiary/aromatic N) is 2. The minimum absolute atomic E-state index is 0.0210. The predicted octanol–water partition coefficient (Wildman–Crippen LogP) is 1.79. The molecule has 0 aliphatic rings. The van der Waals surface area contributed by atoms with Crippen LogP contribution in [0, 0.1) is 5.21 Å². The van der Waals surface area contributed by atoms with E-state index >= 15 is 0 Å². The average molecular weight is 415 g/mol. The van der Waals surface area contributed by atoms with E-state index in [0.29, 0.717) is 10.2 Å². The Morgan fingerprint density at radius 2 is 2.00 bits per heavy atom. The Morgan fingerprint density at radius 3 is 2.64 bits per heavy atom. The molecule has 12 heteroatoms. The van der Waals surface area contributed by atoms with Crippen LogP contribution >= 0.6 is 0 Å². The Morgan fingerprint density at radius 1 is 1.25 bits per heavy atom. The Labute approximate surface area is 158 Å². The molecule has 1 N–H and O–H groups in total. The number of halogens is 2. The summed E-state index contributed by atoms with van der Waals surface area (Å²) >= 11 is 0. The van der Waals surface area contributed by atoms with Crippen molar-refractivity contribution in [3.05, 3.63) is 41.4 Å². The van der Waals surface area contributed by atoms with Crippen molar-refractivity contribution in [1.29, 1.82) is 0 Å². The number of hydrogen-bond donors (Lipinski definition) is 1. The summed E-state index contributed by atoms with van der Waals surface area (Å²) < 4.78 is 65.0. The number of alkyl halides is 2. The van der Waals surface area contributed by atoms with Crippen molar-refractivity contribution in [2.45, 2.75) is 17.5 Å². The molecule has 0 bridgehead atoms. The molecule has 0 saturated heterocycles. The molecule has 0 aliphatic heterocycles. The van der Waals surface area contributed by atoms with Gasteiger partial charge in [0.1, 0.15) is 11.5 Å². The first-order valence-electron chi connectivity index (χ1n) is 7.75. The SMILES string of the molecule is COc1cc[n+]([O-])c(CS(=O)(=O)c2nc3cc(OC(F)F)ccc3[nH]2)c1OC. The molecule has 0 atom stereocenters. The number of hydrogen-bond acceptors (Lipinski definition) is 7. The molecular formula is C16H15F2N3O6S. The zero-order valence-electron chi connectivity index (χ0n) is 14.7. The lowest BCUT2D eigenvalue weighted by Crippen LogP contribution is -2.33. The predicted molar refractivity (Wildman–Crippen MR) is 92.1 cm³/mol. The second-order valence-corrected chi connectivity index (χ2v) is 7.45. The standard InChI is InChI=1S/C16H15F2N3O6S/c1-25-13-5-6-21(22)12(14(13)26-2)8-28(23,24)16-19-10-4-3-9(27-15(17)18)7-11(10)20-16/h3-7,15H,8H2,1-2H3,(H,19,20). The number of fused-ring (bicyclic) bond motifs is 1. The first-order chi connectivity index (χ1) is 13.2. The summed E-state index contributed by atoms with van der Waals surface area (Å²) in [6, 6.07) is 5.13. The number of nitrogens with one attached hydrogen (secondary N) is 1. The number of ether oxygens (including phenoxy) is 3. The van der Waals surface area contributed by atoms with Gasteiger partial charge in [0.05, 0.1) is 25.3 Å².